The molecule has 27 heavy (non-hydrogen) atoms. The van der Waals surface area contributed by atoms with E-state index in [9.17, 15) is 0 Å². The molecule has 0 aliphatic carbocycles. The van der Waals surface area contributed by atoms with Gasteiger partial charge in [-0.15, -0.1) is 8.86 Å². The predicted molar refractivity (Wildman–Crippen MR) is 126 cm³/mol. The number of aryl methyl sites for hydroxylation is 1. The van der Waals surface area contributed by atoms with E-state index in [0.717, 1.165) is 39.4 Å². The van der Waals surface area contributed by atoms with Gasteiger partial charge in [0.2, 0.25) is 0 Å². The molecular formula is C23H28NOPS. The quantitative estimate of drug-likeness (QED) is 0.445. The lowest BCUT2D eigenvalue weighted by Gasteiger charge is -2.12. The zero-order chi connectivity index (χ0) is 19.6. The molecular weight excluding hydrogens is 369 g/mol. The molecule has 0 aliphatic rings. The van der Waals surface area contributed by atoms with Crippen molar-refractivity contribution in [2.45, 2.75) is 27.2 Å². The van der Waals surface area contributed by atoms with Crippen molar-refractivity contribution >= 4 is 37.7 Å². The number of thioether (sulfide) groups is 1. The summed E-state index contributed by atoms with van der Waals surface area (Å²) < 4.78 is 5.51. The van der Waals surface area contributed by atoms with E-state index in [0.29, 0.717) is 6.61 Å². The molecule has 2 aromatic carbocycles. The molecule has 0 spiro atoms. The summed E-state index contributed by atoms with van der Waals surface area (Å²) in [5, 5.41) is 4.59. The highest BCUT2D eigenvalue weighted by Gasteiger charge is 2.05. The molecule has 0 fully saturated rings. The third kappa shape index (κ3) is 7.28. The van der Waals surface area contributed by atoms with Gasteiger partial charge in [0.1, 0.15) is 5.75 Å². The van der Waals surface area contributed by atoms with Crippen LogP contribution in [0.5, 0.6) is 5.75 Å². The maximum absolute atomic E-state index is 5.51. The summed E-state index contributed by atoms with van der Waals surface area (Å²) in [4.78, 5) is 2.29. The largest absolute Gasteiger partial charge is 0.494 e. The Kier molecular flexibility index (Phi) is 8.71. The Morgan fingerprint density at radius 1 is 1.19 bits per heavy atom. The molecule has 0 aromatic heterocycles. The van der Waals surface area contributed by atoms with E-state index >= 15 is 0 Å². The monoisotopic (exact) mass is 397 g/mol. The van der Waals surface area contributed by atoms with Crippen molar-refractivity contribution in [3.05, 3.63) is 76.0 Å². The van der Waals surface area contributed by atoms with Gasteiger partial charge in [0.25, 0.3) is 0 Å². The number of hydrogen-bond donors (Lipinski definition) is 1. The molecule has 2 nitrogen and oxygen atoms in total. The highest BCUT2D eigenvalue weighted by atomic mass is 32.2. The number of para-hydroxylation sites is 1. The Bertz CT molecular complexity index is 811. The molecule has 0 saturated carbocycles. The van der Waals surface area contributed by atoms with E-state index in [-0.39, 0.29) is 0 Å². The van der Waals surface area contributed by atoms with Crippen LogP contribution in [0.15, 0.2) is 64.9 Å². The first-order valence-corrected chi connectivity index (χ1v) is 10.5. The zero-order valence-electron chi connectivity index (χ0n) is 16.3. The van der Waals surface area contributed by atoms with Crippen LogP contribution in [0.4, 0.5) is 5.69 Å². The normalized spacial score (nSPS) is 11.1. The molecule has 0 amide bonds. The van der Waals surface area contributed by atoms with Crippen molar-refractivity contribution in [1.82, 2.24) is 0 Å². The topological polar surface area (TPSA) is 21.3 Å². The minimum atomic E-state index is 0.681. The van der Waals surface area contributed by atoms with Crippen molar-refractivity contribution in [1.29, 1.82) is 0 Å². The lowest BCUT2D eigenvalue weighted by atomic mass is 10.2. The van der Waals surface area contributed by atoms with Crippen LogP contribution in [-0.4, -0.2) is 18.4 Å². The molecule has 0 unspecified atom stereocenters. The zero-order valence-corrected chi connectivity index (χ0v) is 18.2. The van der Waals surface area contributed by atoms with Crippen LogP contribution >= 0.6 is 20.6 Å². The van der Waals surface area contributed by atoms with Gasteiger partial charge in [0.05, 0.1) is 6.61 Å². The SMILES string of the molecule is C=C(CCNc1ccccc1C)S/C(=C/c1ccc(OCC)cc1)C(C)=P. The number of nitrogens with one attached hydrogen (secondary N) is 1. The Balaban J connectivity index is 1.93. The summed E-state index contributed by atoms with van der Waals surface area (Å²) in [7, 11) is 3.68. The maximum Gasteiger partial charge on any atom is 0.119 e. The summed E-state index contributed by atoms with van der Waals surface area (Å²) in [6, 6.07) is 16.5. The number of allylic oxidation sites excluding steroid dienone is 1. The van der Waals surface area contributed by atoms with Crippen LogP contribution in [0.1, 0.15) is 31.4 Å². The van der Waals surface area contributed by atoms with Crippen molar-refractivity contribution in [3.63, 3.8) is 0 Å². The number of anilines is 1. The number of benzene rings is 2. The fraction of sp³-hybridized carbons (Fsp3) is 0.261. The predicted octanol–water partition coefficient (Wildman–Crippen LogP) is 6.82. The van der Waals surface area contributed by atoms with Crippen molar-refractivity contribution in [3.8, 4) is 5.75 Å². The molecule has 4 heteroatoms. The standard InChI is InChI=1S/C23H28NOPS/c1-5-25-21-12-10-20(11-13-21)16-23(19(4)26)27-18(3)14-15-24-22-9-7-6-8-17(22)2/h6-13,16,24,26H,3,5,14-15H2,1-2,4H3/b23-16+. The highest BCUT2D eigenvalue weighted by Crippen LogP contribution is 2.30. The van der Waals surface area contributed by atoms with E-state index in [1.54, 1.807) is 11.8 Å². The minimum absolute atomic E-state index is 0.681. The fourth-order valence-corrected chi connectivity index (χ4v) is 3.60. The second-order valence-electron chi connectivity index (χ2n) is 6.27. The summed E-state index contributed by atoms with van der Waals surface area (Å²) >= 11 is 1.71. The molecule has 2 rings (SSSR count). The van der Waals surface area contributed by atoms with Gasteiger partial charge in [-0.25, -0.2) is 0 Å². The number of hydrogen-bond acceptors (Lipinski definition) is 3. The molecule has 1 N–H and O–H groups in total. The molecule has 0 radical (unpaired) electrons. The lowest BCUT2D eigenvalue weighted by Crippen LogP contribution is -2.03. The van der Waals surface area contributed by atoms with Gasteiger partial charge in [-0.05, 0) is 72.8 Å². The number of ether oxygens (including phenoxy) is 1. The highest BCUT2D eigenvalue weighted by molar-refractivity contribution is 8.08. The summed E-state index contributed by atoms with van der Waals surface area (Å²) in [6.45, 7) is 12.0. The van der Waals surface area contributed by atoms with Crippen molar-refractivity contribution < 1.29 is 4.74 Å². The first-order chi connectivity index (χ1) is 13.0. The van der Waals surface area contributed by atoms with Crippen LogP contribution in [0.25, 0.3) is 6.08 Å². The van der Waals surface area contributed by atoms with E-state index < -0.39 is 0 Å². The summed E-state index contributed by atoms with van der Waals surface area (Å²) in [5.74, 6) is 0.898. The van der Waals surface area contributed by atoms with Crippen LogP contribution < -0.4 is 10.1 Å². The van der Waals surface area contributed by atoms with Crippen LogP contribution in [-0.2, 0) is 0 Å². The van der Waals surface area contributed by atoms with Gasteiger partial charge in [0, 0.05) is 17.1 Å². The molecule has 142 valence electrons. The average Bonchev–Trinajstić information content (AvgIpc) is 2.64. The van der Waals surface area contributed by atoms with E-state index in [4.69, 9.17) is 4.74 Å². The van der Waals surface area contributed by atoms with Gasteiger partial charge in [-0.3, -0.25) is 0 Å². The third-order valence-electron chi connectivity index (χ3n) is 3.98. The second-order valence-corrected chi connectivity index (χ2v) is 8.24. The van der Waals surface area contributed by atoms with Gasteiger partial charge in [0.15, 0.2) is 0 Å². The smallest absolute Gasteiger partial charge is 0.119 e. The van der Waals surface area contributed by atoms with Crippen molar-refractivity contribution in [2.75, 3.05) is 18.5 Å². The molecule has 0 bridgehead atoms. The molecule has 0 aliphatic heterocycles. The van der Waals surface area contributed by atoms with E-state index in [1.807, 2.05) is 19.1 Å². The molecule has 0 saturated heterocycles. The minimum Gasteiger partial charge on any atom is -0.494 e. The molecule has 0 heterocycles. The van der Waals surface area contributed by atoms with Crippen LogP contribution in [0.2, 0.25) is 0 Å². The van der Waals surface area contributed by atoms with Gasteiger partial charge >= 0.3 is 0 Å². The Hall–Kier alpha value is -1.96. The van der Waals surface area contributed by atoms with Crippen LogP contribution in [0, 0.1) is 6.92 Å². The molecule has 0 atom stereocenters. The first kappa shape index (κ1) is 21.3. The summed E-state index contributed by atoms with van der Waals surface area (Å²) in [6.07, 6.45) is 3.07. The fourth-order valence-electron chi connectivity index (χ4n) is 2.51. The van der Waals surface area contributed by atoms with Crippen LogP contribution in [0.3, 0.4) is 0 Å². The van der Waals surface area contributed by atoms with Gasteiger partial charge in [-0.1, -0.05) is 48.7 Å². The summed E-state index contributed by atoms with van der Waals surface area (Å²) in [5.41, 5.74) is 3.59. The Morgan fingerprint density at radius 3 is 2.52 bits per heavy atom. The lowest BCUT2D eigenvalue weighted by molar-refractivity contribution is 0.340. The van der Waals surface area contributed by atoms with E-state index in [1.165, 1.54) is 11.3 Å². The second kappa shape index (κ2) is 11.0. The first-order valence-electron chi connectivity index (χ1n) is 9.14. The Labute approximate surface area is 169 Å². The van der Waals surface area contributed by atoms with E-state index in [2.05, 4.69) is 77.1 Å². The van der Waals surface area contributed by atoms with Gasteiger partial charge in [-0.2, -0.15) is 0 Å². The third-order valence-corrected chi connectivity index (χ3v) is 5.56. The maximum atomic E-state index is 5.51. The number of rotatable bonds is 10. The van der Waals surface area contributed by atoms with Gasteiger partial charge < -0.3 is 10.1 Å². The Morgan fingerprint density at radius 2 is 1.89 bits per heavy atom. The van der Waals surface area contributed by atoms with Crippen molar-refractivity contribution in [2.24, 2.45) is 0 Å². The average molecular weight is 398 g/mol. The molecule has 2 aromatic rings.